The van der Waals surface area contributed by atoms with E-state index in [2.05, 4.69) is 34.9 Å². The van der Waals surface area contributed by atoms with Gasteiger partial charge in [-0.1, -0.05) is 54.6 Å². The summed E-state index contributed by atoms with van der Waals surface area (Å²) < 4.78 is 13.7. The first kappa shape index (κ1) is 17.4. The van der Waals surface area contributed by atoms with Crippen LogP contribution in [0.1, 0.15) is 31.5 Å². The van der Waals surface area contributed by atoms with Crippen LogP contribution in [0.5, 0.6) is 0 Å². The molecule has 0 aliphatic rings. The van der Waals surface area contributed by atoms with Crippen molar-refractivity contribution in [2.75, 3.05) is 13.2 Å². The van der Waals surface area contributed by atoms with Crippen molar-refractivity contribution in [3.63, 3.8) is 0 Å². The van der Waals surface area contributed by atoms with Crippen molar-refractivity contribution in [1.29, 1.82) is 0 Å². The summed E-state index contributed by atoms with van der Waals surface area (Å²) in [4.78, 5) is 4.75. The maximum absolute atomic E-state index is 5.77. The van der Waals surface area contributed by atoms with E-state index in [1.807, 2.05) is 50.2 Å². The molecule has 0 fully saturated rings. The number of benzene rings is 2. The fourth-order valence-electron chi connectivity index (χ4n) is 2.82. The predicted molar refractivity (Wildman–Crippen MR) is 101 cm³/mol. The summed E-state index contributed by atoms with van der Waals surface area (Å²) >= 11 is 0. The third-order valence-corrected chi connectivity index (χ3v) is 3.93. The molecule has 0 aliphatic heterocycles. The fourth-order valence-corrected chi connectivity index (χ4v) is 2.82. The van der Waals surface area contributed by atoms with Crippen LogP contribution in [0.3, 0.4) is 0 Å². The number of ether oxygens (including phenoxy) is 2. The molecular formula is C21H24N2O2. The quantitative estimate of drug-likeness (QED) is 0.553. The highest BCUT2D eigenvalue weighted by atomic mass is 16.7. The van der Waals surface area contributed by atoms with Crippen LogP contribution in [0.2, 0.25) is 0 Å². The van der Waals surface area contributed by atoms with Gasteiger partial charge in [0.1, 0.15) is 0 Å². The van der Waals surface area contributed by atoms with Gasteiger partial charge in [-0.2, -0.15) is 0 Å². The van der Waals surface area contributed by atoms with Gasteiger partial charge < -0.3 is 14.0 Å². The number of fused-ring (bicyclic) bond motifs is 1. The average molecular weight is 336 g/mol. The first-order valence-corrected chi connectivity index (χ1v) is 8.73. The molecule has 0 amide bonds. The lowest BCUT2D eigenvalue weighted by atomic mass is 10.2. The van der Waals surface area contributed by atoms with E-state index in [1.165, 1.54) is 5.56 Å². The second kappa shape index (κ2) is 8.60. The number of imidazole rings is 1. The van der Waals surface area contributed by atoms with Gasteiger partial charge >= 0.3 is 0 Å². The number of allylic oxidation sites excluding steroid dienone is 1. The monoisotopic (exact) mass is 336 g/mol. The Morgan fingerprint density at radius 3 is 2.36 bits per heavy atom. The van der Waals surface area contributed by atoms with E-state index in [4.69, 9.17) is 14.5 Å². The summed E-state index contributed by atoms with van der Waals surface area (Å²) in [5.74, 6) is 0.808. The molecule has 0 radical (unpaired) electrons. The van der Waals surface area contributed by atoms with E-state index < -0.39 is 6.29 Å². The molecule has 4 heteroatoms. The number of hydrogen-bond acceptors (Lipinski definition) is 3. The molecule has 3 aromatic rings. The van der Waals surface area contributed by atoms with E-state index >= 15 is 0 Å². The lowest BCUT2D eigenvalue weighted by Crippen LogP contribution is -2.15. The number of para-hydroxylation sites is 2. The second-order valence-electron chi connectivity index (χ2n) is 5.62. The largest absolute Gasteiger partial charge is 0.346 e. The predicted octanol–water partition coefficient (Wildman–Crippen LogP) is 4.82. The van der Waals surface area contributed by atoms with E-state index in [9.17, 15) is 0 Å². The van der Waals surface area contributed by atoms with Crippen LogP contribution in [0.4, 0.5) is 0 Å². The first-order valence-electron chi connectivity index (χ1n) is 8.73. The van der Waals surface area contributed by atoms with Gasteiger partial charge in [-0.15, -0.1) is 0 Å². The second-order valence-corrected chi connectivity index (χ2v) is 5.62. The van der Waals surface area contributed by atoms with Crippen LogP contribution in [-0.2, 0) is 16.0 Å². The SMILES string of the molecule is CCOC(OCC)c1nc2ccccc2n1C/C=C/c1ccccc1. The van der Waals surface area contributed by atoms with Crippen molar-refractivity contribution in [2.24, 2.45) is 0 Å². The Balaban J connectivity index is 1.93. The van der Waals surface area contributed by atoms with Crippen molar-refractivity contribution in [3.05, 3.63) is 72.1 Å². The zero-order valence-corrected chi connectivity index (χ0v) is 14.8. The van der Waals surface area contributed by atoms with Gasteiger partial charge in [0.05, 0.1) is 11.0 Å². The number of rotatable bonds is 8. The normalized spacial score (nSPS) is 11.8. The Labute approximate surface area is 148 Å². The molecule has 0 bridgehead atoms. The zero-order valence-electron chi connectivity index (χ0n) is 14.8. The summed E-state index contributed by atoms with van der Waals surface area (Å²) in [6, 6.07) is 18.4. The van der Waals surface area contributed by atoms with E-state index in [0.717, 1.165) is 16.9 Å². The number of nitrogens with zero attached hydrogens (tertiary/aromatic N) is 2. The molecule has 4 nitrogen and oxygen atoms in total. The van der Waals surface area contributed by atoms with E-state index in [1.54, 1.807) is 0 Å². The molecule has 2 aromatic carbocycles. The lowest BCUT2D eigenvalue weighted by molar-refractivity contribution is -0.146. The smallest absolute Gasteiger partial charge is 0.217 e. The van der Waals surface area contributed by atoms with Gasteiger partial charge in [-0.25, -0.2) is 4.98 Å². The van der Waals surface area contributed by atoms with E-state index in [0.29, 0.717) is 19.8 Å². The highest BCUT2D eigenvalue weighted by molar-refractivity contribution is 5.76. The summed E-state index contributed by atoms with van der Waals surface area (Å²) in [6.45, 7) is 5.80. The molecule has 0 unspecified atom stereocenters. The minimum absolute atomic E-state index is 0.451. The molecule has 0 spiro atoms. The van der Waals surface area contributed by atoms with Gasteiger partial charge in [0, 0.05) is 19.8 Å². The Hall–Kier alpha value is -2.43. The highest BCUT2D eigenvalue weighted by Crippen LogP contribution is 2.24. The number of aromatic nitrogens is 2. The minimum atomic E-state index is -0.451. The Morgan fingerprint density at radius 2 is 1.64 bits per heavy atom. The van der Waals surface area contributed by atoms with Gasteiger partial charge in [-0.05, 0) is 31.5 Å². The Morgan fingerprint density at radius 1 is 0.960 bits per heavy atom. The molecule has 3 rings (SSSR count). The highest BCUT2D eigenvalue weighted by Gasteiger charge is 2.20. The van der Waals surface area contributed by atoms with Crippen molar-refractivity contribution < 1.29 is 9.47 Å². The van der Waals surface area contributed by atoms with Crippen molar-refractivity contribution in [1.82, 2.24) is 9.55 Å². The molecule has 0 atom stereocenters. The zero-order chi connectivity index (χ0) is 17.5. The van der Waals surface area contributed by atoms with Crippen molar-refractivity contribution in [3.8, 4) is 0 Å². The molecule has 25 heavy (non-hydrogen) atoms. The van der Waals surface area contributed by atoms with Gasteiger partial charge in [0.15, 0.2) is 5.82 Å². The molecule has 0 aliphatic carbocycles. The molecule has 130 valence electrons. The minimum Gasteiger partial charge on any atom is -0.346 e. The van der Waals surface area contributed by atoms with Crippen LogP contribution in [0, 0.1) is 0 Å². The topological polar surface area (TPSA) is 36.3 Å². The van der Waals surface area contributed by atoms with E-state index in [-0.39, 0.29) is 0 Å². The van der Waals surface area contributed by atoms with Crippen molar-refractivity contribution >= 4 is 17.1 Å². The molecule has 1 aromatic heterocycles. The van der Waals surface area contributed by atoms with Crippen LogP contribution >= 0.6 is 0 Å². The third-order valence-electron chi connectivity index (χ3n) is 3.93. The number of hydrogen-bond donors (Lipinski definition) is 0. The van der Waals surface area contributed by atoms with Crippen LogP contribution in [-0.4, -0.2) is 22.8 Å². The van der Waals surface area contributed by atoms with Crippen molar-refractivity contribution in [2.45, 2.75) is 26.7 Å². The maximum atomic E-state index is 5.77. The summed E-state index contributed by atoms with van der Waals surface area (Å²) in [5.41, 5.74) is 3.22. The van der Waals surface area contributed by atoms with Crippen LogP contribution in [0.15, 0.2) is 60.7 Å². The summed E-state index contributed by atoms with van der Waals surface area (Å²) in [6.07, 6.45) is 3.81. The third kappa shape index (κ3) is 4.16. The summed E-state index contributed by atoms with van der Waals surface area (Å²) in [5, 5.41) is 0. The Bertz CT molecular complexity index is 818. The molecule has 0 N–H and O–H groups in total. The van der Waals surface area contributed by atoms with Gasteiger partial charge in [-0.3, -0.25) is 0 Å². The molecule has 0 saturated carbocycles. The van der Waals surface area contributed by atoms with Gasteiger partial charge in [0.25, 0.3) is 0 Å². The summed E-state index contributed by atoms with van der Waals surface area (Å²) in [7, 11) is 0. The Kier molecular flexibility index (Phi) is 5.99. The van der Waals surface area contributed by atoms with Crippen LogP contribution in [0.25, 0.3) is 17.1 Å². The van der Waals surface area contributed by atoms with Gasteiger partial charge in [0.2, 0.25) is 6.29 Å². The molecular weight excluding hydrogens is 312 g/mol. The maximum Gasteiger partial charge on any atom is 0.217 e. The average Bonchev–Trinajstić information content (AvgIpc) is 3.01. The standard InChI is InChI=1S/C21H24N2O2/c1-3-24-21(25-4-2)20-22-18-14-8-9-15-19(18)23(20)16-10-13-17-11-6-5-7-12-17/h5-15,21H,3-4,16H2,1-2H3/b13-10+. The molecule has 0 saturated heterocycles. The lowest BCUT2D eigenvalue weighted by Gasteiger charge is -2.17. The molecule has 1 heterocycles. The van der Waals surface area contributed by atoms with Crippen LogP contribution < -0.4 is 0 Å². The fraction of sp³-hybridized carbons (Fsp3) is 0.286. The first-order chi connectivity index (χ1) is 12.3.